The van der Waals surface area contributed by atoms with E-state index in [2.05, 4.69) is 0 Å². The van der Waals surface area contributed by atoms with Gasteiger partial charge in [-0.15, -0.1) is 0 Å². The van der Waals surface area contributed by atoms with Crippen molar-refractivity contribution in [2.24, 2.45) is 17.6 Å². The van der Waals surface area contributed by atoms with Gasteiger partial charge in [0.1, 0.15) is 11.6 Å². The summed E-state index contributed by atoms with van der Waals surface area (Å²) in [4.78, 5) is 15.2. The van der Waals surface area contributed by atoms with E-state index in [1.54, 1.807) is 25.0 Å². The first-order chi connectivity index (χ1) is 20.0. The van der Waals surface area contributed by atoms with Crippen molar-refractivity contribution in [3.8, 4) is 16.9 Å². The van der Waals surface area contributed by atoms with Crippen LogP contribution in [0.25, 0.3) is 11.1 Å². The van der Waals surface area contributed by atoms with Crippen molar-refractivity contribution in [2.75, 3.05) is 33.4 Å². The normalized spacial score (nSPS) is 22.7. The molecule has 3 N–H and O–H groups in total. The molecule has 1 amide bonds. The van der Waals surface area contributed by atoms with Crippen LogP contribution in [0.1, 0.15) is 69.4 Å². The summed E-state index contributed by atoms with van der Waals surface area (Å²) in [7, 11) is 1.58. The van der Waals surface area contributed by atoms with Gasteiger partial charge in [-0.2, -0.15) is 13.2 Å². The number of carbonyl (C=O) groups excluding carboxylic acids is 1. The number of nitrogens with two attached hydrogens (primary N) is 1. The van der Waals surface area contributed by atoms with Crippen molar-refractivity contribution in [1.82, 2.24) is 4.90 Å². The second-order valence-electron chi connectivity index (χ2n) is 11.6. The number of methoxy groups -OCH3 is 1. The Morgan fingerprint density at radius 2 is 1.93 bits per heavy atom. The van der Waals surface area contributed by atoms with E-state index in [1.807, 2.05) is 0 Å². The Morgan fingerprint density at radius 1 is 1.14 bits per heavy atom. The number of benzene rings is 2. The highest BCUT2D eigenvalue weighted by Crippen LogP contribution is 2.46. The Balaban J connectivity index is 1.78. The number of hydrogen-bond acceptors (Lipinski definition) is 5. The standard InChI is InChI=1S/C32H42F4N2O4/c1-3-42-26-18-22(16-24(19-26)32(34,35)36)29-27(9-6-10-28(29)33)31(40,13-4-5-15-41-2)23-8-7-14-38(20-23)30(39)21-11-12-25(37)17-21/h6,9-10,16,18-19,21,23,25,40H,3-5,7-8,11-15,17,20,37H2,1-2H3/t21-,23?,25+,31+/m1/s1. The Kier molecular flexibility index (Phi) is 10.5. The molecule has 1 unspecified atom stereocenters. The number of hydrogen-bond donors (Lipinski definition) is 2. The zero-order chi connectivity index (χ0) is 30.5. The topological polar surface area (TPSA) is 85.0 Å². The predicted octanol–water partition coefficient (Wildman–Crippen LogP) is 6.28. The van der Waals surface area contributed by atoms with Gasteiger partial charge in [-0.25, -0.2) is 4.39 Å². The molecule has 42 heavy (non-hydrogen) atoms. The molecule has 1 aliphatic heterocycles. The Bertz CT molecular complexity index is 1220. The molecule has 1 aliphatic carbocycles. The highest BCUT2D eigenvalue weighted by Gasteiger charge is 2.44. The smallest absolute Gasteiger partial charge is 0.416 e. The van der Waals surface area contributed by atoms with Crippen LogP contribution >= 0.6 is 0 Å². The number of rotatable bonds is 11. The van der Waals surface area contributed by atoms with E-state index in [1.165, 1.54) is 18.2 Å². The molecule has 4 atom stereocenters. The number of alkyl halides is 3. The lowest BCUT2D eigenvalue weighted by Gasteiger charge is -2.44. The third-order valence-electron chi connectivity index (χ3n) is 8.70. The van der Waals surface area contributed by atoms with E-state index in [-0.39, 0.29) is 59.9 Å². The first-order valence-corrected chi connectivity index (χ1v) is 14.9. The van der Waals surface area contributed by atoms with Crippen LogP contribution in [0, 0.1) is 17.7 Å². The minimum absolute atomic E-state index is 0.00106. The van der Waals surface area contributed by atoms with Crippen LogP contribution in [0.2, 0.25) is 0 Å². The molecular weight excluding hydrogens is 552 g/mol. The molecule has 2 aromatic rings. The molecular formula is C32H42F4N2O4. The monoisotopic (exact) mass is 594 g/mol. The minimum atomic E-state index is -4.68. The van der Waals surface area contributed by atoms with E-state index in [0.29, 0.717) is 45.3 Å². The van der Waals surface area contributed by atoms with Crippen LogP contribution in [-0.4, -0.2) is 55.4 Å². The first-order valence-electron chi connectivity index (χ1n) is 14.9. The third-order valence-corrected chi connectivity index (χ3v) is 8.70. The average molecular weight is 595 g/mol. The first kappa shape index (κ1) is 32.2. The second kappa shape index (κ2) is 13.7. The number of carbonyl (C=O) groups is 1. The van der Waals surface area contributed by atoms with Gasteiger partial charge in [-0.1, -0.05) is 12.1 Å². The fraction of sp³-hybridized carbons (Fsp3) is 0.594. The molecule has 4 rings (SSSR count). The summed E-state index contributed by atoms with van der Waals surface area (Å²) in [5.41, 5.74) is 3.57. The molecule has 1 saturated carbocycles. The zero-order valence-corrected chi connectivity index (χ0v) is 24.4. The Hall–Kier alpha value is -2.69. The number of likely N-dealkylation sites (tertiary alicyclic amines) is 1. The van der Waals surface area contributed by atoms with Gasteiger partial charge < -0.3 is 25.2 Å². The Morgan fingerprint density at radius 3 is 2.60 bits per heavy atom. The van der Waals surface area contributed by atoms with Crippen molar-refractivity contribution >= 4 is 5.91 Å². The van der Waals surface area contributed by atoms with Gasteiger partial charge in [-0.05, 0) is 93.7 Å². The number of nitrogens with zero attached hydrogens (tertiary/aromatic N) is 1. The van der Waals surface area contributed by atoms with Gasteiger partial charge in [0.25, 0.3) is 0 Å². The summed E-state index contributed by atoms with van der Waals surface area (Å²) in [6, 6.07) is 7.42. The van der Waals surface area contributed by atoms with Crippen molar-refractivity contribution in [3.05, 3.63) is 53.3 Å². The van der Waals surface area contributed by atoms with Crippen LogP contribution < -0.4 is 10.5 Å². The molecule has 10 heteroatoms. The van der Waals surface area contributed by atoms with Crippen LogP contribution in [0.4, 0.5) is 17.6 Å². The summed E-state index contributed by atoms with van der Waals surface area (Å²) in [5, 5.41) is 12.6. The molecule has 0 bridgehead atoms. The van der Waals surface area contributed by atoms with E-state index in [0.717, 1.165) is 25.0 Å². The number of ether oxygens (including phenoxy) is 2. The van der Waals surface area contributed by atoms with Gasteiger partial charge in [0.05, 0.1) is 17.8 Å². The SMILES string of the molecule is CCOc1cc(-c2c(F)cccc2[C@](O)(CCCCOC)C2CCCN(C(=O)[C@@H]3CC[C@H](N)C3)C2)cc(C(F)(F)F)c1. The quantitative estimate of drug-likeness (QED) is 0.236. The van der Waals surface area contributed by atoms with E-state index < -0.39 is 29.1 Å². The lowest BCUT2D eigenvalue weighted by atomic mass is 9.71. The van der Waals surface area contributed by atoms with E-state index in [9.17, 15) is 23.1 Å². The summed E-state index contributed by atoms with van der Waals surface area (Å²) in [6.45, 7) is 3.08. The molecule has 232 valence electrons. The van der Waals surface area contributed by atoms with Crippen LogP contribution in [0.3, 0.4) is 0 Å². The molecule has 0 spiro atoms. The van der Waals surface area contributed by atoms with Crippen molar-refractivity contribution in [2.45, 2.75) is 76.1 Å². The second-order valence-corrected chi connectivity index (χ2v) is 11.6. The highest BCUT2D eigenvalue weighted by atomic mass is 19.4. The molecule has 0 aromatic heterocycles. The molecule has 2 aromatic carbocycles. The summed E-state index contributed by atoms with van der Waals surface area (Å²) in [5.74, 6) is -1.36. The van der Waals surface area contributed by atoms with Gasteiger partial charge in [-0.3, -0.25) is 4.79 Å². The molecule has 2 aliphatic rings. The van der Waals surface area contributed by atoms with Crippen molar-refractivity contribution < 1.29 is 36.9 Å². The maximum Gasteiger partial charge on any atom is 0.416 e. The van der Waals surface area contributed by atoms with Crippen LogP contribution in [0.15, 0.2) is 36.4 Å². The zero-order valence-electron chi connectivity index (χ0n) is 24.4. The summed E-state index contributed by atoms with van der Waals surface area (Å²) in [6.07, 6.45) is 0.106. The summed E-state index contributed by atoms with van der Waals surface area (Å²) >= 11 is 0. The third kappa shape index (κ3) is 7.26. The predicted molar refractivity (Wildman–Crippen MR) is 152 cm³/mol. The number of aliphatic hydroxyl groups is 1. The fourth-order valence-corrected chi connectivity index (χ4v) is 6.60. The molecule has 0 radical (unpaired) electrons. The summed E-state index contributed by atoms with van der Waals surface area (Å²) < 4.78 is 68.0. The van der Waals surface area contributed by atoms with Gasteiger partial charge in [0, 0.05) is 50.2 Å². The van der Waals surface area contributed by atoms with Crippen molar-refractivity contribution in [1.29, 1.82) is 0 Å². The van der Waals surface area contributed by atoms with Gasteiger partial charge in [0.15, 0.2) is 0 Å². The fourth-order valence-electron chi connectivity index (χ4n) is 6.60. The number of amides is 1. The maximum atomic E-state index is 15.7. The molecule has 1 heterocycles. The molecule has 6 nitrogen and oxygen atoms in total. The van der Waals surface area contributed by atoms with Crippen LogP contribution in [0.5, 0.6) is 5.75 Å². The van der Waals surface area contributed by atoms with E-state index >= 15 is 4.39 Å². The highest BCUT2D eigenvalue weighted by molar-refractivity contribution is 5.79. The lowest BCUT2D eigenvalue weighted by Crippen LogP contribution is -2.49. The number of halogens is 4. The molecule has 2 fully saturated rings. The maximum absolute atomic E-state index is 15.7. The molecule has 1 saturated heterocycles. The largest absolute Gasteiger partial charge is 0.494 e. The lowest BCUT2D eigenvalue weighted by molar-refractivity contribution is -0.141. The minimum Gasteiger partial charge on any atom is -0.494 e. The number of piperidine rings is 1. The van der Waals surface area contributed by atoms with E-state index in [4.69, 9.17) is 15.2 Å². The van der Waals surface area contributed by atoms with Gasteiger partial charge >= 0.3 is 6.18 Å². The van der Waals surface area contributed by atoms with Crippen LogP contribution in [-0.2, 0) is 21.3 Å². The Labute approximate surface area is 245 Å². The average Bonchev–Trinajstić information content (AvgIpc) is 3.40. The van der Waals surface area contributed by atoms with Gasteiger partial charge in [0.2, 0.25) is 5.91 Å². The number of unbranched alkanes of at least 4 members (excludes halogenated alkanes) is 1. The van der Waals surface area contributed by atoms with Crippen molar-refractivity contribution in [3.63, 3.8) is 0 Å².